The molecule has 0 saturated carbocycles. The average Bonchev–Trinajstić information content (AvgIpc) is 3.27. The molecule has 0 bridgehead atoms. The first-order valence-electron chi connectivity index (χ1n) is 10.6. The van der Waals surface area contributed by atoms with E-state index in [1.807, 2.05) is 11.3 Å². The van der Waals surface area contributed by atoms with Crippen LogP contribution < -0.4 is 21.7 Å². The second-order valence-electron chi connectivity index (χ2n) is 7.87. The first kappa shape index (κ1) is 20.1. The second kappa shape index (κ2) is 9.07. The molecule has 2 aromatic rings. The van der Waals surface area contributed by atoms with Gasteiger partial charge in [0.2, 0.25) is 0 Å². The lowest BCUT2D eigenvalue weighted by Gasteiger charge is -2.32. The van der Waals surface area contributed by atoms with Crippen LogP contribution in [0, 0.1) is 0 Å². The summed E-state index contributed by atoms with van der Waals surface area (Å²) in [5, 5.41) is 12.9. The highest BCUT2D eigenvalue weighted by Crippen LogP contribution is 2.39. The second-order valence-corrected chi connectivity index (χ2v) is 10.0. The summed E-state index contributed by atoms with van der Waals surface area (Å²) in [4.78, 5) is 12.3. The first-order valence-corrected chi connectivity index (χ1v) is 12.3. The molecule has 154 valence electrons. The van der Waals surface area contributed by atoms with Crippen molar-refractivity contribution < 1.29 is 0 Å². The number of anilines is 2. The van der Waals surface area contributed by atoms with Crippen LogP contribution in [0.25, 0.3) is 0 Å². The predicted octanol–water partition coefficient (Wildman–Crippen LogP) is 3.51. The number of thiazole rings is 2. The third-order valence-corrected chi connectivity index (χ3v) is 7.74. The number of aromatic nitrogens is 2. The van der Waals surface area contributed by atoms with Crippen LogP contribution in [0.2, 0.25) is 0 Å². The number of rotatable bonds is 8. The molecule has 28 heavy (non-hydrogen) atoms. The molecule has 2 heterocycles. The van der Waals surface area contributed by atoms with Gasteiger partial charge in [0.1, 0.15) is 0 Å². The predicted molar refractivity (Wildman–Crippen MR) is 120 cm³/mol. The monoisotopic (exact) mass is 420 g/mol. The van der Waals surface area contributed by atoms with Crippen molar-refractivity contribution in [2.75, 3.05) is 24.1 Å². The minimum atomic E-state index is 0.201. The van der Waals surface area contributed by atoms with E-state index in [4.69, 9.17) is 10.7 Å². The van der Waals surface area contributed by atoms with Gasteiger partial charge in [-0.05, 0) is 58.0 Å². The molecule has 0 saturated heterocycles. The summed E-state index contributed by atoms with van der Waals surface area (Å²) in [5.74, 6) is 0. The Morgan fingerprint density at radius 3 is 2.61 bits per heavy atom. The lowest BCUT2D eigenvalue weighted by atomic mass is 9.92. The number of aryl methyl sites for hydroxylation is 2. The first-order chi connectivity index (χ1) is 13.7. The minimum Gasteiger partial charge on any atom is -0.375 e. The Bertz CT molecular complexity index is 786. The molecule has 0 spiro atoms. The molecule has 2 aromatic heterocycles. The number of fused-ring (bicyclic) bond motifs is 2. The summed E-state index contributed by atoms with van der Waals surface area (Å²) in [7, 11) is 0. The maximum Gasteiger partial charge on any atom is 0.183 e. The summed E-state index contributed by atoms with van der Waals surface area (Å²) in [6, 6.07) is 1.20. The van der Waals surface area contributed by atoms with Crippen molar-refractivity contribution in [3.63, 3.8) is 0 Å². The Hall–Kier alpha value is -1.22. The number of hydrogen-bond donors (Lipinski definition) is 4. The third-order valence-electron chi connectivity index (χ3n) is 5.68. The molecule has 8 heteroatoms. The fraction of sp³-hybridized carbons (Fsp3) is 0.700. The molecular formula is C20H32N6S2. The van der Waals surface area contributed by atoms with Crippen molar-refractivity contribution in [1.29, 1.82) is 0 Å². The van der Waals surface area contributed by atoms with Gasteiger partial charge in [0.25, 0.3) is 0 Å². The van der Waals surface area contributed by atoms with Gasteiger partial charge in [0, 0.05) is 17.0 Å². The summed E-state index contributed by atoms with van der Waals surface area (Å²) in [5.41, 5.74) is 8.49. The molecule has 0 fully saturated rings. The van der Waals surface area contributed by atoms with Gasteiger partial charge in [0.15, 0.2) is 10.3 Å². The molecule has 5 N–H and O–H groups in total. The zero-order chi connectivity index (χ0) is 19.5. The average molecular weight is 421 g/mol. The van der Waals surface area contributed by atoms with Crippen molar-refractivity contribution in [2.24, 2.45) is 0 Å². The van der Waals surface area contributed by atoms with Crippen LogP contribution in [-0.2, 0) is 19.3 Å². The van der Waals surface area contributed by atoms with Gasteiger partial charge in [-0.25, -0.2) is 9.97 Å². The summed E-state index contributed by atoms with van der Waals surface area (Å²) >= 11 is 3.47. The molecule has 6 nitrogen and oxygen atoms in total. The van der Waals surface area contributed by atoms with Gasteiger partial charge in [-0.3, -0.25) is 0 Å². The van der Waals surface area contributed by atoms with Gasteiger partial charge in [-0.1, -0.05) is 25.2 Å². The standard InChI is InChI=1S/C20H32N6S2/c1-3-9-22-12-5-6-13-16(11-12)27-20(25-13)26-17-14(23-10-4-2)7-8-15-18(17)28-19(21)24-15/h12,14,17,22-23H,3-11H2,1-2H3,(H2,21,24)(H,25,26)/t12-,14-,17+/m0/s1. The van der Waals surface area contributed by atoms with Crippen LogP contribution in [0.15, 0.2) is 0 Å². The highest BCUT2D eigenvalue weighted by Gasteiger charge is 2.33. The summed E-state index contributed by atoms with van der Waals surface area (Å²) in [6.45, 7) is 6.58. The van der Waals surface area contributed by atoms with E-state index >= 15 is 0 Å². The number of nitrogens with zero attached hydrogens (tertiary/aromatic N) is 2. The molecule has 2 aliphatic rings. The third kappa shape index (κ3) is 4.35. The minimum absolute atomic E-state index is 0.201. The smallest absolute Gasteiger partial charge is 0.183 e. The highest BCUT2D eigenvalue weighted by molar-refractivity contribution is 7.16. The molecule has 2 aliphatic carbocycles. The van der Waals surface area contributed by atoms with Crippen LogP contribution in [0.5, 0.6) is 0 Å². The van der Waals surface area contributed by atoms with Crippen molar-refractivity contribution in [2.45, 2.75) is 76.9 Å². The van der Waals surface area contributed by atoms with E-state index in [0.717, 1.165) is 50.3 Å². The number of nitrogen functional groups attached to an aromatic ring is 1. The van der Waals surface area contributed by atoms with Crippen LogP contribution in [0.1, 0.15) is 66.7 Å². The fourth-order valence-electron chi connectivity index (χ4n) is 4.25. The summed E-state index contributed by atoms with van der Waals surface area (Å²) < 4.78 is 0. The summed E-state index contributed by atoms with van der Waals surface area (Å²) in [6.07, 6.45) is 7.79. The molecular weight excluding hydrogens is 388 g/mol. The normalized spacial score (nSPS) is 24.0. The molecule has 4 rings (SSSR count). The van der Waals surface area contributed by atoms with Gasteiger partial charge < -0.3 is 21.7 Å². The van der Waals surface area contributed by atoms with Crippen molar-refractivity contribution in [3.05, 3.63) is 21.1 Å². The largest absolute Gasteiger partial charge is 0.375 e. The lowest BCUT2D eigenvalue weighted by molar-refractivity contribution is 0.412. The molecule has 0 aromatic carbocycles. The van der Waals surface area contributed by atoms with Gasteiger partial charge in [-0.2, -0.15) is 0 Å². The SMILES string of the molecule is CCCN[C@H]1CCc2nc(N[C@H]3c4sc(N)nc4CC[C@@H]3NCCC)sc2C1. The van der Waals surface area contributed by atoms with Crippen LogP contribution in [0.3, 0.4) is 0 Å². The fourth-order valence-corrected chi connectivity index (χ4v) is 6.38. The maximum absolute atomic E-state index is 6.03. The highest BCUT2D eigenvalue weighted by atomic mass is 32.1. The van der Waals surface area contributed by atoms with Crippen LogP contribution >= 0.6 is 22.7 Å². The van der Waals surface area contributed by atoms with Gasteiger partial charge in [0.05, 0.1) is 22.3 Å². The zero-order valence-electron chi connectivity index (χ0n) is 16.9. The van der Waals surface area contributed by atoms with Gasteiger partial charge in [-0.15, -0.1) is 11.3 Å². The quantitative estimate of drug-likeness (QED) is 0.523. The molecule has 0 aliphatic heterocycles. The number of nitrogens with two attached hydrogens (primary N) is 1. The van der Waals surface area contributed by atoms with E-state index < -0.39 is 0 Å². The Morgan fingerprint density at radius 2 is 1.79 bits per heavy atom. The van der Waals surface area contributed by atoms with Crippen molar-refractivity contribution >= 4 is 32.9 Å². The number of hydrogen-bond acceptors (Lipinski definition) is 8. The van der Waals surface area contributed by atoms with Crippen LogP contribution in [0.4, 0.5) is 10.3 Å². The van der Waals surface area contributed by atoms with E-state index in [2.05, 4.69) is 34.8 Å². The number of nitrogens with one attached hydrogen (secondary N) is 3. The van der Waals surface area contributed by atoms with E-state index in [1.165, 1.54) is 34.0 Å². The van der Waals surface area contributed by atoms with E-state index in [0.29, 0.717) is 17.2 Å². The van der Waals surface area contributed by atoms with E-state index in [9.17, 15) is 0 Å². The Morgan fingerprint density at radius 1 is 1.00 bits per heavy atom. The Labute approximate surface area is 175 Å². The molecule has 0 radical (unpaired) electrons. The Balaban J connectivity index is 1.51. The Kier molecular flexibility index (Phi) is 6.50. The zero-order valence-corrected chi connectivity index (χ0v) is 18.5. The molecule has 3 atom stereocenters. The van der Waals surface area contributed by atoms with Gasteiger partial charge >= 0.3 is 0 Å². The molecule has 0 unspecified atom stereocenters. The van der Waals surface area contributed by atoms with Crippen LogP contribution in [-0.4, -0.2) is 35.1 Å². The van der Waals surface area contributed by atoms with E-state index in [1.54, 1.807) is 11.3 Å². The van der Waals surface area contributed by atoms with E-state index in [-0.39, 0.29) is 6.04 Å². The van der Waals surface area contributed by atoms with Crippen molar-refractivity contribution in [3.8, 4) is 0 Å². The van der Waals surface area contributed by atoms with Crippen molar-refractivity contribution in [1.82, 2.24) is 20.6 Å². The topological polar surface area (TPSA) is 87.9 Å². The molecule has 0 amide bonds. The lowest BCUT2D eigenvalue weighted by Crippen LogP contribution is -2.41. The maximum atomic E-state index is 6.03.